The number of halogens is 1. The number of anilines is 1. The summed E-state index contributed by atoms with van der Waals surface area (Å²) in [6, 6.07) is 8.68. The van der Waals surface area contributed by atoms with Crippen molar-refractivity contribution in [3.8, 4) is 0 Å². The van der Waals surface area contributed by atoms with Crippen molar-refractivity contribution in [1.29, 1.82) is 0 Å². The summed E-state index contributed by atoms with van der Waals surface area (Å²) in [6.45, 7) is 7.46. The Balaban J connectivity index is 1.92. The first-order valence-electron chi connectivity index (χ1n) is 9.64. The van der Waals surface area contributed by atoms with E-state index in [0.29, 0.717) is 17.8 Å². The highest BCUT2D eigenvalue weighted by Crippen LogP contribution is 2.31. The largest absolute Gasteiger partial charge is 0.354 e. The minimum absolute atomic E-state index is 0.210. The molecule has 0 radical (unpaired) electrons. The zero-order valence-electron chi connectivity index (χ0n) is 16.8. The summed E-state index contributed by atoms with van der Waals surface area (Å²) < 4.78 is 29.6. The Labute approximate surface area is 179 Å². The molecule has 0 N–H and O–H groups in total. The Morgan fingerprint density at radius 1 is 1.10 bits per heavy atom. The van der Waals surface area contributed by atoms with Crippen molar-refractivity contribution in [3.63, 3.8) is 0 Å². The van der Waals surface area contributed by atoms with Gasteiger partial charge in [-0.2, -0.15) is 9.61 Å². The predicted octanol–water partition coefficient (Wildman–Crippen LogP) is 2.95. The van der Waals surface area contributed by atoms with Crippen molar-refractivity contribution in [3.05, 3.63) is 46.2 Å². The van der Waals surface area contributed by atoms with Crippen molar-refractivity contribution in [1.82, 2.24) is 19.5 Å². The average molecular weight is 478 g/mol. The number of fused-ring (bicyclic) bond motifs is 1. The van der Waals surface area contributed by atoms with E-state index >= 15 is 0 Å². The van der Waals surface area contributed by atoms with E-state index in [0.717, 1.165) is 42.2 Å². The van der Waals surface area contributed by atoms with E-state index in [1.54, 1.807) is 28.8 Å². The Kier molecular flexibility index (Phi) is 5.39. The van der Waals surface area contributed by atoms with Crippen LogP contribution in [0.1, 0.15) is 18.3 Å². The molecule has 0 bridgehead atoms. The van der Waals surface area contributed by atoms with Crippen LogP contribution in [0.5, 0.6) is 0 Å². The lowest BCUT2D eigenvalue weighted by atomic mass is 10.3. The van der Waals surface area contributed by atoms with Crippen molar-refractivity contribution in [2.75, 3.05) is 38.1 Å². The highest BCUT2D eigenvalue weighted by molar-refractivity contribution is 9.10. The SMILES string of the molecule is CCc1nn2c(N3CCN(C)CC3)cc(C)nc2c1S(=O)(=O)c1ccc(Br)cc1. The van der Waals surface area contributed by atoms with E-state index in [4.69, 9.17) is 0 Å². The van der Waals surface area contributed by atoms with Gasteiger partial charge < -0.3 is 9.80 Å². The number of aromatic nitrogens is 3. The lowest BCUT2D eigenvalue weighted by molar-refractivity contribution is 0.311. The number of benzene rings is 1. The number of rotatable bonds is 4. The number of nitrogens with zero attached hydrogens (tertiary/aromatic N) is 5. The zero-order chi connectivity index (χ0) is 20.8. The second-order valence-electron chi connectivity index (χ2n) is 7.37. The summed E-state index contributed by atoms with van der Waals surface area (Å²) >= 11 is 3.36. The van der Waals surface area contributed by atoms with E-state index in [9.17, 15) is 8.42 Å². The molecule has 4 rings (SSSR count). The van der Waals surface area contributed by atoms with Crippen molar-refractivity contribution < 1.29 is 8.42 Å². The van der Waals surface area contributed by atoms with Gasteiger partial charge in [0.05, 0.1) is 10.6 Å². The van der Waals surface area contributed by atoms with Gasteiger partial charge in [0.2, 0.25) is 9.84 Å². The second kappa shape index (κ2) is 7.70. The van der Waals surface area contributed by atoms with Crippen molar-refractivity contribution >= 4 is 37.2 Å². The fraction of sp³-hybridized carbons (Fsp3) is 0.400. The van der Waals surface area contributed by atoms with Crippen LogP contribution in [0, 0.1) is 6.92 Å². The van der Waals surface area contributed by atoms with Gasteiger partial charge in [0.25, 0.3) is 0 Å². The minimum Gasteiger partial charge on any atom is -0.354 e. The van der Waals surface area contributed by atoms with Crippen LogP contribution in [0.4, 0.5) is 5.82 Å². The van der Waals surface area contributed by atoms with Crippen molar-refractivity contribution in [2.45, 2.75) is 30.1 Å². The number of hydrogen-bond donors (Lipinski definition) is 0. The Morgan fingerprint density at radius 3 is 2.38 bits per heavy atom. The Bertz CT molecular complexity index is 1150. The maximum Gasteiger partial charge on any atom is 0.212 e. The van der Waals surface area contributed by atoms with Crippen LogP contribution in [0.3, 0.4) is 0 Å². The average Bonchev–Trinajstić information content (AvgIpc) is 3.07. The lowest BCUT2D eigenvalue weighted by Crippen LogP contribution is -2.45. The normalized spacial score (nSPS) is 15.9. The topological polar surface area (TPSA) is 70.8 Å². The molecule has 0 unspecified atom stereocenters. The molecule has 3 aromatic rings. The van der Waals surface area contributed by atoms with Gasteiger partial charge in [-0.15, -0.1) is 0 Å². The van der Waals surface area contributed by atoms with E-state index < -0.39 is 9.84 Å². The summed E-state index contributed by atoms with van der Waals surface area (Å²) in [5, 5.41) is 4.69. The van der Waals surface area contributed by atoms with Gasteiger partial charge in [-0.1, -0.05) is 22.9 Å². The highest BCUT2D eigenvalue weighted by atomic mass is 79.9. The third-order valence-electron chi connectivity index (χ3n) is 5.28. The third-order valence-corrected chi connectivity index (χ3v) is 7.66. The molecule has 7 nitrogen and oxygen atoms in total. The number of hydrogen-bond acceptors (Lipinski definition) is 6. The number of likely N-dealkylation sites (N-methyl/N-ethyl adjacent to an activating group) is 1. The molecule has 0 amide bonds. The minimum atomic E-state index is -3.75. The van der Waals surface area contributed by atoms with Gasteiger partial charge in [-0.3, -0.25) is 0 Å². The van der Waals surface area contributed by atoms with E-state index in [1.165, 1.54) is 0 Å². The van der Waals surface area contributed by atoms with Crippen LogP contribution in [0.2, 0.25) is 0 Å². The molecule has 9 heteroatoms. The molecule has 1 aliphatic rings. The zero-order valence-corrected chi connectivity index (χ0v) is 19.2. The molecule has 154 valence electrons. The molecule has 1 fully saturated rings. The molecule has 2 aromatic heterocycles. The summed E-state index contributed by atoms with van der Waals surface area (Å²) in [5.41, 5.74) is 1.72. The molecule has 1 saturated heterocycles. The predicted molar refractivity (Wildman–Crippen MR) is 116 cm³/mol. The van der Waals surface area contributed by atoms with Gasteiger partial charge in [-0.25, -0.2) is 13.4 Å². The van der Waals surface area contributed by atoms with E-state index in [-0.39, 0.29) is 9.79 Å². The first kappa shape index (κ1) is 20.3. The van der Waals surface area contributed by atoms with Crippen LogP contribution >= 0.6 is 15.9 Å². The number of aryl methyl sites for hydroxylation is 2. The van der Waals surface area contributed by atoms with E-state index in [2.05, 4.69) is 42.9 Å². The van der Waals surface area contributed by atoms with Crippen LogP contribution in [-0.4, -0.2) is 61.1 Å². The molecule has 0 aliphatic carbocycles. The molecule has 3 heterocycles. The van der Waals surface area contributed by atoms with Gasteiger partial charge >= 0.3 is 0 Å². The van der Waals surface area contributed by atoms with Crippen LogP contribution in [0.15, 0.2) is 44.6 Å². The third kappa shape index (κ3) is 3.67. The maximum atomic E-state index is 13.5. The molecular weight excluding hydrogens is 454 g/mol. The first-order valence-corrected chi connectivity index (χ1v) is 11.9. The van der Waals surface area contributed by atoms with Gasteiger partial charge in [0.15, 0.2) is 5.65 Å². The molecule has 1 aromatic carbocycles. The molecule has 0 saturated carbocycles. The second-order valence-corrected chi connectivity index (χ2v) is 10.2. The van der Waals surface area contributed by atoms with Crippen LogP contribution in [0.25, 0.3) is 5.65 Å². The molecule has 0 spiro atoms. The first-order chi connectivity index (χ1) is 13.8. The fourth-order valence-corrected chi connectivity index (χ4v) is 5.51. The molecule has 1 aliphatic heterocycles. The van der Waals surface area contributed by atoms with E-state index in [1.807, 2.05) is 19.9 Å². The monoisotopic (exact) mass is 477 g/mol. The summed E-state index contributed by atoms with van der Waals surface area (Å²) in [7, 11) is -1.64. The highest BCUT2D eigenvalue weighted by Gasteiger charge is 2.30. The molecule has 0 atom stereocenters. The standard InChI is InChI=1S/C20H24BrN5O2S/c1-4-17-19(29(27,28)16-7-5-15(21)6-8-16)20-22-14(2)13-18(26(20)23-17)25-11-9-24(3)10-12-25/h5-8,13H,4,9-12H2,1-3H3. The summed E-state index contributed by atoms with van der Waals surface area (Å²) in [6.07, 6.45) is 0.510. The molecule has 29 heavy (non-hydrogen) atoms. The summed E-state index contributed by atoms with van der Waals surface area (Å²) in [4.78, 5) is 9.59. The number of sulfone groups is 1. The van der Waals surface area contributed by atoms with Crippen LogP contribution < -0.4 is 4.90 Å². The quantitative estimate of drug-likeness (QED) is 0.575. The fourth-order valence-electron chi connectivity index (χ4n) is 3.64. The molecular formula is C20H24BrN5O2S. The Morgan fingerprint density at radius 2 is 1.76 bits per heavy atom. The van der Waals surface area contributed by atoms with Gasteiger partial charge in [0, 0.05) is 42.4 Å². The van der Waals surface area contributed by atoms with Gasteiger partial charge in [-0.05, 0) is 44.7 Å². The smallest absolute Gasteiger partial charge is 0.212 e. The lowest BCUT2D eigenvalue weighted by Gasteiger charge is -2.34. The Hall–Kier alpha value is -1.97. The van der Waals surface area contributed by atoms with Gasteiger partial charge in [0.1, 0.15) is 10.7 Å². The number of piperazine rings is 1. The van der Waals surface area contributed by atoms with Crippen molar-refractivity contribution in [2.24, 2.45) is 0 Å². The maximum absolute atomic E-state index is 13.5. The van der Waals surface area contributed by atoms with Crippen LogP contribution in [-0.2, 0) is 16.3 Å². The summed E-state index contributed by atoms with van der Waals surface area (Å²) in [5.74, 6) is 0.896.